The van der Waals surface area contributed by atoms with Crippen molar-refractivity contribution in [2.24, 2.45) is 0 Å². The first kappa shape index (κ1) is 22.8. The van der Waals surface area contributed by atoms with Crippen LogP contribution in [0, 0.1) is 20.8 Å². The molecule has 3 aromatic rings. The summed E-state index contributed by atoms with van der Waals surface area (Å²) in [6.07, 6.45) is -2.63. The van der Waals surface area contributed by atoms with Crippen molar-refractivity contribution in [3.05, 3.63) is 70.3 Å². The number of nitrogens with one attached hydrogen (secondary N) is 1. The fourth-order valence-electron chi connectivity index (χ4n) is 4.55. The van der Waals surface area contributed by atoms with E-state index in [9.17, 15) is 23.5 Å². The van der Waals surface area contributed by atoms with Crippen molar-refractivity contribution in [3.8, 4) is 22.8 Å². The minimum atomic E-state index is -3.73. The van der Waals surface area contributed by atoms with E-state index < -0.39 is 17.7 Å². The molecule has 9 heteroatoms. The number of carbonyl (C=O) groups is 2. The number of rotatable bonds is 5. The second kappa shape index (κ2) is 7.76. The molecule has 1 aromatic heterocycles. The van der Waals surface area contributed by atoms with Gasteiger partial charge < -0.3 is 19.9 Å². The van der Waals surface area contributed by atoms with Crippen LogP contribution in [0.15, 0.2) is 42.5 Å². The number of ether oxygens (including phenoxy) is 2. The molecule has 35 heavy (non-hydrogen) atoms. The molecule has 2 N–H and O–H groups in total. The van der Waals surface area contributed by atoms with Crippen molar-refractivity contribution in [3.63, 3.8) is 0 Å². The average molecular weight is 482 g/mol. The maximum Gasteiger partial charge on any atom is 0.586 e. The van der Waals surface area contributed by atoms with Gasteiger partial charge in [-0.2, -0.15) is 0 Å². The molecule has 0 saturated heterocycles. The summed E-state index contributed by atoms with van der Waals surface area (Å²) in [6, 6.07) is 11.2. The number of benzene rings is 2. The SMILES string of the molecule is Cc1ccc(NC(=O)C2(c3ccc4c(c3)OC(F)(F)O4)CC2)nc1-c1c(C)ccc(C(=O)O)c1C.[HH]. The summed E-state index contributed by atoms with van der Waals surface area (Å²) in [5.41, 5.74) is 3.43. The molecule has 0 atom stereocenters. The first-order valence-electron chi connectivity index (χ1n) is 11.0. The molecule has 2 heterocycles. The van der Waals surface area contributed by atoms with E-state index in [0.717, 1.165) is 11.1 Å². The number of nitrogens with zero attached hydrogens (tertiary/aromatic N) is 1. The number of halogens is 2. The number of hydrogen-bond donors (Lipinski definition) is 2. The Morgan fingerprint density at radius 2 is 1.69 bits per heavy atom. The monoisotopic (exact) mass is 482 g/mol. The van der Waals surface area contributed by atoms with Crippen LogP contribution in [0.1, 0.15) is 46.9 Å². The van der Waals surface area contributed by atoms with Crippen LogP contribution < -0.4 is 14.8 Å². The Labute approximate surface area is 201 Å². The summed E-state index contributed by atoms with van der Waals surface area (Å²) in [5, 5.41) is 12.4. The highest BCUT2D eigenvalue weighted by atomic mass is 19.3. The van der Waals surface area contributed by atoms with E-state index in [1.807, 2.05) is 19.9 Å². The highest BCUT2D eigenvalue weighted by molar-refractivity contribution is 6.01. The predicted molar refractivity (Wildman–Crippen MR) is 125 cm³/mol. The third kappa shape index (κ3) is 3.86. The van der Waals surface area contributed by atoms with Crippen LogP contribution in [0.25, 0.3) is 11.3 Å². The maximum atomic E-state index is 13.4. The molecule has 1 amide bonds. The number of fused-ring (bicyclic) bond motifs is 1. The molecule has 0 unspecified atom stereocenters. The highest BCUT2D eigenvalue weighted by Crippen LogP contribution is 2.52. The largest absolute Gasteiger partial charge is 0.586 e. The van der Waals surface area contributed by atoms with Gasteiger partial charge in [0, 0.05) is 6.99 Å². The van der Waals surface area contributed by atoms with Crippen molar-refractivity contribution < 1.29 is 34.4 Å². The Balaban J connectivity index is 0.00000304. The normalized spacial score (nSPS) is 16.6. The predicted octanol–water partition coefficient (Wildman–Crippen LogP) is 5.61. The lowest BCUT2D eigenvalue weighted by atomic mass is 9.93. The van der Waals surface area contributed by atoms with E-state index in [1.165, 1.54) is 12.1 Å². The van der Waals surface area contributed by atoms with Crippen LogP contribution in [-0.2, 0) is 10.2 Å². The van der Waals surface area contributed by atoms with Gasteiger partial charge in [-0.1, -0.05) is 18.2 Å². The number of carboxylic acids is 1. The molecule has 1 saturated carbocycles. The minimum absolute atomic E-state index is 0. The van der Waals surface area contributed by atoms with Gasteiger partial charge in [-0.15, -0.1) is 8.78 Å². The number of aromatic nitrogens is 1. The third-order valence-electron chi connectivity index (χ3n) is 6.62. The van der Waals surface area contributed by atoms with Crippen molar-refractivity contribution in [2.75, 3.05) is 5.32 Å². The molecule has 1 aliphatic heterocycles. The highest BCUT2D eigenvalue weighted by Gasteiger charge is 2.53. The van der Waals surface area contributed by atoms with Gasteiger partial charge in [-0.3, -0.25) is 4.79 Å². The van der Waals surface area contributed by atoms with Gasteiger partial charge in [0.05, 0.1) is 16.7 Å². The number of aromatic carboxylic acids is 1. The molecule has 0 bridgehead atoms. The van der Waals surface area contributed by atoms with E-state index in [1.54, 1.807) is 31.2 Å². The van der Waals surface area contributed by atoms with E-state index >= 15 is 0 Å². The van der Waals surface area contributed by atoms with E-state index in [4.69, 9.17) is 0 Å². The van der Waals surface area contributed by atoms with Crippen LogP contribution in [0.4, 0.5) is 14.6 Å². The van der Waals surface area contributed by atoms with Crippen molar-refractivity contribution in [1.29, 1.82) is 0 Å². The standard InChI is InChI=1S/C26H22F2N2O5.H2/c1-13-4-7-17(23(31)32)15(3)21(13)22-14(2)5-9-20(29-22)30-24(33)25(10-11-25)16-6-8-18-19(12-16)35-26(27,28)34-18;/h4-9,12H,10-11H2,1-3H3,(H,31,32)(H,29,30,33);1H. The molecule has 5 rings (SSSR count). The van der Waals surface area contributed by atoms with Crippen molar-refractivity contribution >= 4 is 17.7 Å². The fourth-order valence-corrected chi connectivity index (χ4v) is 4.55. The molecular weight excluding hydrogens is 458 g/mol. The van der Waals surface area contributed by atoms with E-state index in [0.29, 0.717) is 41.0 Å². The molecule has 2 aromatic carbocycles. The summed E-state index contributed by atoms with van der Waals surface area (Å²) in [5.74, 6) is -1.20. The van der Waals surface area contributed by atoms with Crippen molar-refractivity contribution in [2.45, 2.75) is 45.3 Å². The molecule has 0 radical (unpaired) electrons. The topological polar surface area (TPSA) is 97.8 Å². The summed E-state index contributed by atoms with van der Waals surface area (Å²) >= 11 is 0. The lowest BCUT2D eigenvalue weighted by molar-refractivity contribution is -0.286. The van der Waals surface area contributed by atoms with Crippen LogP contribution in [-0.4, -0.2) is 28.3 Å². The molecule has 2 aliphatic rings. The number of amides is 1. The zero-order valence-electron chi connectivity index (χ0n) is 19.2. The minimum Gasteiger partial charge on any atom is -0.478 e. The summed E-state index contributed by atoms with van der Waals surface area (Å²) in [6.45, 7) is 5.48. The summed E-state index contributed by atoms with van der Waals surface area (Å²) in [7, 11) is 0. The number of hydrogen-bond acceptors (Lipinski definition) is 5. The Bertz CT molecular complexity index is 1410. The van der Waals surface area contributed by atoms with Gasteiger partial charge in [0.1, 0.15) is 5.82 Å². The lowest BCUT2D eigenvalue weighted by Crippen LogP contribution is -2.28. The van der Waals surface area contributed by atoms with Gasteiger partial charge in [-0.05, 0) is 80.1 Å². The molecule has 1 aliphatic carbocycles. The van der Waals surface area contributed by atoms with Crippen molar-refractivity contribution in [1.82, 2.24) is 4.98 Å². The second-order valence-corrected chi connectivity index (χ2v) is 8.96. The van der Waals surface area contributed by atoms with E-state index in [-0.39, 0.29) is 24.4 Å². The first-order chi connectivity index (χ1) is 16.5. The van der Waals surface area contributed by atoms with Gasteiger partial charge in [-0.25, -0.2) is 9.78 Å². The molecule has 182 valence electrons. The maximum absolute atomic E-state index is 13.4. The zero-order chi connectivity index (χ0) is 25.1. The zero-order valence-corrected chi connectivity index (χ0v) is 19.2. The third-order valence-corrected chi connectivity index (χ3v) is 6.62. The van der Waals surface area contributed by atoms with E-state index in [2.05, 4.69) is 19.8 Å². The van der Waals surface area contributed by atoms with Gasteiger partial charge >= 0.3 is 12.3 Å². The molecule has 0 spiro atoms. The Morgan fingerprint density at radius 1 is 1.00 bits per heavy atom. The molecule has 1 fully saturated rings. The molecule has 7 nitrogen and oxygen atoms in total. The quantitative estimate of drug-likeness (QED) is 0.491. The van der Waals surface area contributed by atoms with Crippen LogP contribution in [0.3, 0.4) is 0 Å². The lowest BCUT2D eigenvalue weighted by Gasteiger charge is -2.18. The second-order valence-electron chi connectivity index (χ2n) is 8.96. The fraction of sp³-hybridized carbons (Fsp3) is 0.269. The average Bonchev–Trinajstić information content (AvgIpc) is 3.52. The molecular formula is C26H24F2N2O5. The Kier molecular flexibility index (Phi) is 5.05. The smallest absolute Gasteiger partial charge is 0.478 e. The van der Waals surface area contributed by atoms with Crippen LogP contribution in [0.2, 0.25) is 0 Å². The summed E-state index contributed by atoms with van der Waals surface area (Å²) < 4.78 is 35.8. The van der Waals surface area contributed by atoms with Crippen LogP contribution in [0.5, 0.6) is 11.5 Å². The number of aryl methyl sites for hydroxylation is 2. The van der Waals surface area contributed by atoms with Gasteiger partial charge in [0.2, 0.25) is 5.91 Å². The van der Waals surface area contributed by atoms with Gasteiger partial charge in [0.15, 0.2) is 11.5 Å². The number of anilines is 1. The number of carbonyl (C=O) groups excluding carboxylic acids is 1. The first-order valence-corrected chi connectivity index (χ1v) is 11.0. The van der Waals surface area contributed by atoms with Gasteiger partial charge in [0.25, 0.3) is 0 Å². The number of alkyl halides is 2. The Hall–Kier alpha value is -4.01. The number of carboxylic acid groups (broad SMARTS) is 1. The summed E-state index contributed by atoms with van der Waals surface area (Å²) in [4.78, 5) is 29.6. The van der Waals surface area contributed by atoms with Crippen LogP contribution >= 0.6 is 0 Å². The number of pyridine rings is 1. The Morgan fingerprint density at radius 3 is 2.37 bits per heavy atom.